The molecular formula is C61H46N2. The average Bonchev–Trinajstić information content (AvgIpc) is 3.57. The van der Waals surface area contributed by atoms with Crippen LogP contribution < -0.4 is 5.73 Å². The molecule has 0 aromatic heterocycles. The Morgan fingerprint density at radius 1 is 0.460 bits per heavy atom. The molecule has 0 aliphatic heterocycles. The number of fused-ring (bicyclic) bond motifs is 7. The van der Waals surface area contributed by atoms with Crippen LogP contribution in [0.4, 0.5) is 0 Å². The monoisotopic (exact) mass is 806 g/mol. The number of aliphatic imine (C=N–C) groups is 1. The Bertz CT molecular complexity index is 3410. The van der Waals surface area contributed by atoms with Crippen molar-refractivity contribution in [1.82, 2.24) is 0 Å². The van der Waals surface area contributed by atoms with E-state index in [0.717, 1.165) is 22.4 Å². The minimum absolute atomic E-state index is 0.0354. The molecule has 1 aliphatic carbocycles. The minimum Gasteiger partial charge on any atom is -0.383 e. The summed E-state index contributed by atoms with van der Waals surface area (Å²) in [6.07, 6.45) is 2.92. The molecule has 0 radical (unpaired) electrons. The summed E-state index contributed by atoms with van der Waals surface area (Å²) in [5, 5.41) is 7.45. The third kappa shape index (κ3) is 6.72. The maximum absolute atomic E-state index is 6.74. The summed E-state index contributed by atoms with van der Waals surface area (Å²) in [5.74, 6) is 0.489. The first kappa shape index (κ1) is 38.1. The van der Waals surface area contributed by atoms with E-state index in [0.29, 0.717) is 12.3 Å². The molecule has 10 aromatic carbocycles. The predicted octanol–water partition coefficient (Wildman–Crippen LogP) is 15.4. The summed E-state index contributed by atoms with van der Waals surface area (Å²) in [7, 11) is 0. The van der Waals surface area contributed by atoms with Gasteiger partial charge < -0.3 is 5.73 Å². The molecule has 0 atom stereocenters. The van der Waals surface area contributed by atoms with Gasteiger partial charge in [-0.25, -0.2) is 4.99 Å². The van der Waals surface area contributed by atoms with Crippen molar-refractivity contribution >= 4 is 43.9 Å². The van der Waals surface area contributed by atoms with Crippen LogP contribution >= 0.6 is 0 Å². The molecule has 0 heterocycles. The third-order valence-corrected chi connectivity index (χ3v) is 13.2. The number of hydrogen-bond acceptors (Lipinski definition) is 1. The Morgan fingerprint density at radius 2 is 1.05 bits per heavy atom. The number of benzene rings is 10. The van der Waals surface area contributed by atoms with Crippen molar-refractivity contribution in [2.75, 3.05) is 0 Å². The SMILES string of the molecule is CC1(C)c2ccccc2-c2ccc(-c3ccc(C/C=C(\N=C(N)c4ccccc4)c4ccc(-c5c6ccccc6c(-c6ccccc6)c6ccc7ccccc7c56)cc4)cc3)cc21. The van der Waals surface area contributed by atoms with Crippen molar-refractivity contribution in [3.8, 4) is 44.5 Å². The normalized spacial score (nSPS) is 13.4. The zero-order chi connectivity index (χ0) is 42.5. The molecule has 300 valence electrons. The van der Waals surface area contributed by atoms with E-state index in [1.54, 1.807) is 0 Å². The highest BCUT2D eigenvalue weighted by Crippen LogP contribution is 2.50. The average molecular weight is 807 g/mol. The molecule has 2 heteroatoms. The van der Waals surface area contributed by atoms with E-state index in [9.17, 15) is 0 Å². The van der Waals surface area contributed by atoms with Crippen molar-refractivity contribution < 1.29 is 0 Å². The molecule has 63 heavy (non-hydrogen) atoms. The molecule has 0 saturated carbocycles. The summed E-state index contributed by atoms with van der Waals surface area (Å²) in [6.45, 7) is 4.67. The molecule has 2 nitrogen and oxygen atoms in total. The van der Waals surface area contributed by atoms with Gasteiger partial charge >= 0.3 is 0 Å². The highest BCUT2D eigenvalue weighted by Gasteiger charge is 2.35. The number of hydrogen-bond donors (Lipinski definition) is 1. The molecule has 0 unspecified atom stereocenters. The molecule has 0 bridgehead atoms. The molecule has 2 N–H and O–H groups in total. The molecular weight excluding hydrogens is 761 g/mol. The summed E-state index contributed by atoms with van der Waals surface area (Å²) in [5.41, 5.74) is 23.4. The quantitative estimate of drug-likeness (QED) is 0.0706. The second-order valence-electron chi connectivity index (χ2n) is 17.2. The van der Waals surface area contributed by atoms with E-state index < -0.39 is 0 Å². The molecule has 1 aliphatic rings. The van der Waals surface area contributed by atoms with Crippen LogP contribution in [0.25, 0.3) is 82.5 Å². The highest BCUT2D eigenvalue weighted by atomic mass is 14.9. The van der Waals surface area contributed by atoms with E-state index in [2.05, 4.69) is 202 Å². The van der Waals surface area contributed by atoms with Gasteiger partial charge in [0.25, 0.3) is 0 Å². The summed E-state index contributed by atoms with van der Waals surface area (Å²) in [4.78, 5) is 5.11. The van der Waals surface area contributed by atoms with Crippen molar-refractivity contribution in [2.45, 2.75) is 25.7 Å². The first-order valence-electron chi connectivity index (χ1n) is 21.9. The molecule has 0 amide bonds. The lowest BCUT2D eigenvalue weighted by atomic mass is 9.81. The standard InChI is InChI=1S/C61H46N2/c1-61(2)54-24-14-13-21-49(54)50-36-35-47(39-55(50)61)41-28-25-40(26-29-41)27-38-56(63-60(62)46-18-7-4-8-19-46)43-30-32-45(33-31-43)58-52-23-12-11-22-51(52)57(44-16-5-3-6-17-44)53-37-34-42-15-9-10-20-48(42)59(53)58/h3-26,28-39H,27H2,1-2H3,(H2,62,63)/b56-38-. The Kier molecular flexibility index (Phi) is 9.43. The summed E-state index contributed by atoms with van der Waals surface area (Å²) >= 11 is 0. The highest BCUT2D eigenvalue weighted by molar-refractivity contribution is 6.27. The van der Waals surface area contributed by atoms with Crippen LogP contribution in [0.15, 0.2) is 223 Å². The zero-order valence-corrected chi connectivity index (χ0v) is 35.5. The van der Waals surface area contributed by atoms with Crippen LogP contribution in [0.2, 0.25) is 0 Å². The van der Waals surface area contributed by atoms with Gasteiger partial charge in [0.2, 0.25) is 0 Å². The first-order valence-corrected chi connectivity index (χ1v) is 21.9. The van der Waals surface area contributed by atoms with Crippen LogP contribution in [0.3, 0.4) is 0 Å². The van der Waals surface area contributed by atoms with Gasteiger partial charge in [0.05, 0.1) is 5.70 Å². The molecule has 0 fully saturated rings. The topological polar surface area (TPSA) is 38.4 Å². The fourth-order valence-electron chi connectivity index (χ4n) is 9.93. The van der Waals surface area contributed by atoms with Gasteiger partial charge in [-0.05, 0) is 112 Å². The Labute approximate surface area is 369 Å². The lowest BCUT2D eigenvalue weighted by Gasteiger charge is -2.22. The van der Waals surface area contributed by atoms with Crippen LogP contribution in [-0.2, 0) is 11.8 Å². The van der Waals surface area contributed by atoms with Gasteiger partial charge in [0.15, 0.2) is 0 Å². The predicted molar refractivity (Wildman–Crippen MR) is 268 cm³/mol. The number of allylic oxidation sites excluding steroid dienone is 1. The van der Waals surface area contributed by atoms with Crippen molar-refractivity contribution in [1.29, 1.82) is 0 Å². The number of nitrogens with two attached hydrogens (primary N) is 1. The maximum atomic E-state index is 6.74. The molecule has 11 rings (SSSR count). The second kappa shape index (κ2) is 15.6. The third-order valence-electron chi connectivity index (χ3n) is 13.2. The Balaban J connectivity index is 0.978. The van der Waals surface area contributed by atoms with E-state index in [1.165, 1.54) is 88.0 Å². The van der Waals surface area contributed by atoms with E-state index in [4.69, 9.17) is 10.7 Å². The van der Waals surface area contributed by atoms with Gasteiger partial charge in [-0.1, -0.05) is 226 Å². The Hall–Kier alpha value is -7.81. The Morgan fingerprint density at radius 3 is 1.81 bits per heavy atom. The van der Waals surface area contributed by atoms with Crippen molar-refractivity contribution in [2.24, 2.45) is 10.7 Å². The van der Waals surface area contributed by atoms with Crippen LogP contribution in [0, 0.1) is 0 Å². The largest absolute Gasteiger partial charge is 0.383 e. The van der Waals surface area contributed by atoms with Crippen molar-refractivity contribution in [3.63, 3.8) is 0 Å². The second-order valence-corrected chi connectivity index (χ2v) is 17.2. The summed E-state index contributed by atoms with van der Waals surface area (Å²) < 4.78 is 0. The molecule has 0 spiro atoms. The van der Waals surface area contributed by atoms with Gasteiger partial charge in [-0.3, -0.25) is 0 Å². The van der Waals surface area contributed by atoms with E-state index in [-0.39, 0.29) is 5.41 Å². The fraction of sp³-hybridized carbons (Fsp3) is 0.0656. The van der Waals surface area contributed by atoms with E-state index >= 15 is 0 Å². The van der Waals surface area contributed by atoms with Gasteiger partial charge in [-0.2, -0.15) is 0 Å². The first-order chi connectivity index (χ1) is 30.9. The number of rotatable bonds is 8. The van der Waals surface area contributed by atoms with Gasteiger partial charge in [-0.15, -0.1) is 0 Å². The van der Waals surface area contributed by atoms with Crippen LogP contribution in [0.5, 0.6) is 0 Å². The van der Waals surface area contributed by atoms with Gasteiger partial charge in [0, 0.05) is 11.0 Å². The number of nitrogens with zero attached hydrogens (tertiary/aromatic N) is 1. The van der Waals surface area contributed by atoms with Gasteiger partial charge in [0.1, 0.15) is 5.84 Å². The maximum Gasteiger partial charge on any atom is 0.131 e. The fourth-order valence-corrected chi connectivity index (χ4v) is 9.93. The lowest BCUT2D eigenvalue weighted by molar-refractivity contribution is 0.660. The van der Waals surface area contributed by atoms with Crippen LogP contribution in [0.1, 0.15) is 41.7 Å². The zero-order valence-electron chi connectivity index (χ0n) is 35.5. The van der Waals surface area contributed by atoms with Crippen LogP contribution in [-0.4, -0.2) is 5.84 Å². The summed E-state index contributed by atoms with van der Waals surface area (Å²) in [6, 6.07) is 76.7. The molecule has 10 aromatic rings. The smallest absolute Gasteiger partial charge is 0.131 e. The minimum atomic E-state index is -0.0354. The van der Waals surface area contributed by atoms with Crippen molar-refractivity contribution in [3.05, 3.63) is 246 Å². The number of amidine groups is 1. The molecule has 0 saturated heterocycles. The lowest BCUT2D eigenvalue weighted by Crippen LogP contribution is -2.14. The van der Waals surface area contributed by atoms with E-state index in [1.807, 2.05) is 30.3 Å².